The van der Waals surface area contributed by atoms with Crippen molar-refractivity contribution in [2.75, 3.05) is 7.11 Å². The molecule has 1 aliphatic heterocycles. The summed E-state index contributed by atoms with van der Waals surface area (Å²) in [5.41, 5.74) is 0. The van der Waals surface area contributed by atoms with Crippen LogP contribution in [0, 0.1) is 0 Å². The van der Waals surface area contributed by atoms with E-state index in [1.54, 1.807) is 0 Å². The van der Waals surface area contributed by atoms with Gasteiger partial charge in [-0.3, -0.25) is 0 Å². The van der Waals surface area contributed by atoms with E-state index >= 15 is 0 Å². The third-order valence-corrected chi connectivity index (χ3v) is 2.14. The second-order valence-electron chi connectivity index (χ2n) is 3.78. The van der Waals surface area contributed by atoms with Gasteiger partial charge >= 0.3 is 0 Å². The van der Waals surface area contributed by atoms with Crippen LogP contribution in [0.1, 0.15) is 0 Å². The fraction of sp³-hybridized carbons (Fsp3) is 0.500. The summed E-state index contributed by atoms with van der Waals surface area (Å²) in [7, 11) is 1.12. The lowest BCUT2D eigenvalue weighted by Gasteiger charge is -2.32. The smallest absolute Gasteiger partial charge is 0.231 e. The minimum absolute atomic E-state index is 0.103. The Morgan fingerprint density at radius 2 is 1.59 bits per heavy atom. The number of nitrogens with zero attached hydrogens (tertiary/aromatic N) is 8. The Morgan fingerprint density at radius 1 is 1.11 bits per heavy atom. The van der Waals surface area contributed by atoms with Gasteiger partial charge in [0.05, 0.1) is 17.4 Å². The molecule has 24 nitrogen and oxygen atoms in total. The highest BCUT2D eigenvalue weighted by atomic mass is 127. The molecule has 27 heavy (non-hydrogen) atoms. The van der Waals surface area contributed by atoms with E-state index in [0.717, 1.165) is 7.11 Å². The van der Waals surface area contributed by atoms with Gasteiger partial charge in [0.15, 0.2) is 9.97 Å². The maximum absolute atomic E-state index is 5.53. The zero-order valence-electron chi connectivity index (χ0n) is 13.4. The first-order chi connectivity index (χ1) is 12.4. The van der Waals surface area contributed by atoms with Crippen LogP contribution < -0.4 is 40.9 Å². The first-order valence-electron chi connectivity index (χ1n) is 5.81. The highest BCUT2D eigenvalue weighted by molar-refractivity contribution is 14.1. The predicted octanol–water partition coefficient (Wildman–Crippen LogP) is -5.84. The monoisotopic (exact) mass is 524 g/mol. The van der Waals surface area contributed by atoms with E-state index in [9.17, 15) is 0 Å². The molecule has 0 aromatic carbocycles. The zero-order valence-corrected chi connectivity index (χ0v) is 15.5. The van der Waals surface area contributed by atoms with Gasteiger partial charge in [-0.1, -0.05) is 23.4 Å². The molecule has 1 saturated heterocycles. The van der Waals surface area contributed by atoms with E-state index in [1.807, 2.05) is 0 Å². The van der Waals surface area contributed by atoms with Crippen LogP contribution in [0.2, 0.25) is 0 Å². The van der Waals surface area contributed by atoms with Crippen LogP contribution in [-0.4, -0.2) is 50.4 Å². The van der Waals surface area contributed by atoms with Gasteiger partial charge in [0.2, 0.25) is 5.08 Å². The van der Waals surface area contributed by atoms with Crippen LogP contribution in [0.5, 0.6) is 0 Å². The molecular formula is C2H19IN15O9+3. The molecule has 0 aliphatic carbocycles. The summed E-state index contributed by atoms with van der Waals surface area (Å²) < 4.78 is 4.39. The molecule has 25 heteroatoms. The van der Waals surface area contributed by atoms with Gasteiger partial charge in [0.1, 0.15) is 33.7 Å². The molecule has 0 radical (unpaired) electrons. The lowest BCUT2D eigenvalue weighted by atomic mass is 11.7. The summed E-state index contributed by atoms with van der Waals surface area (Å²) in [6.45, 7) is 3.08. The zero-order chi connectivity index (χ0) is 20.9. The Bertz CT molecular complexity index is 468. The fourth-order valence-corrected chi connectivity index (χ4v) is 1.18. The van der Waals surface area contributed by atoms with Gasteiger partial charge in [-0.05, 0) is 0 Å². The van der Waals surface area contributed by atoms with Crippen molar-refractivity contribution in [1.82, 2.24) is 21.3 Å². The van der Waals surface area contributed by atoms with Crippen LogP contribution in [0.15, 0.2) is 5.10 Å². The Morgan fingerprint density at radius 3 is 2.00 bits per heavy atom. The third-order valence-electron chi connectivity index (χ3n) is 1.75. The van der Waals surface area contributed by atoms with Crippen LogP contribution in [0.4, 0.5) is 0 Å². The standard InChI is InChI=1S/C2H19IN15O9/c1-11-15(19-2)26-16(7,8)27-18(10)24-13(5)22-17(9,21-12(4)20-3)23-14(6)25-18/h1,4-10H2,2H3/q+3. The molecule has 1 aliphatic rings. The first-order valence-corrected chi connectivity index (χ1v) is 6.69. The summed E-state index contributed by atoms with van der Waals surface area (Å²) in [5, 5.41) is -2.51. The number of rotatable bonds is 9. The van der Waals surface area contributed by atoms with Crippen molar-refractivity contribution in [3.8, 4) is 0 Å². The first kappa shape index (κ1) is 24.4. The molecule has 1 rings (SSSR count). The largest absolute Gasteiger partial charge is 0.280 e. The molecule has 0 amide bonds. The van der Waals surface area contributed by atoms with Crippen LogP contribution >= 0.6 is 23.0 Å². The van der Waals surface area contributed by atoms with Crippen molar-refractivity contribution in [3.63, 3.8) is 0 Å². The van der Waals surface area contributed by atoms with Gasteiger partial charge in [-0.25, -0.2) is 22.4 Å². The van der Waals surface area contributed by atoms with E-state index < -0.39 is 15.2 Å². The van der Waals surface area contributed by atoms with Crippen LogP contribution in [0.25, 0.3) is 0 Å². The van der Waals surface area contributed by atoms with E-state index in [0.29, 0.717) is 5.34 Å². The average Bonchev–Trinajstić information content (AvgIpc) is 2.48. The van der Waals surface area contributed by atoms with Gasteiger partial charge in [-0.15, -0.1) is 5.10 Å². The summed E-state index contributed by atoms with van der Waals surface area (Å²) >= 11 is 1.31. The van der Waals surface area contributed by atoms with Crippen molar-refractivity contribution < 1.29 is 57.8 Å². The Balaban J connectivity index is 2.88. The number of hydrogen-bond acceptors (Lipinski definition) is 21. The second kappa shape index (κ2) is 9.69. The summed E-state index contributed by atoms with van der Waals surface area (Å²) in [6, 6.07) is 0. The summed E-state index contributed by atoms with van der Waals surface area (Å²) in [5.74, 6) is 37.6. The highest BCUT2D eigenvalue weighted by Gasteiger charge is 2.57. The van der Waals surface area contributed by atoms with Gasteiger partial charge in [0.25, 0.3) is 5.08 Å². The van der Waals surface area contributed by atoms with E-state index in [4.69, 9.17) is 45.8 Å². The Kier molecular flexibility index (Phi) is 8.74. The number of nitrogens with two attached hydrogens (primary N) is 7. The number of halogens is 1. The maximum Gasteiger partial charge on any atom is 0.280 e. The van der Waals surface area contributed by atoms with E-state index in [-0.39, 0.29) is 16.0 Å². The lowest BCUT2D eigenvalue weighted by Crippen LogP contribution is -2.76. The van der Waals surface area contributed by atoms with Crippen molar-refractivity contribution in [3.05, 3.63) is 0 Å². The van der Waals surface area contributed by atoms with Crippen molar-refractivity contribution in [1.29, 1.82) is 0 Å². The maximum atomic E-state index is 5.53. The van der Waals surface area contributed by atoms with E-state index in [1.165, 1.54) is 23.0 Å². The molecule has 0 spiro atoms. The molecule has 0 unspecified atom stereocenters. The van der Waals surface area contributed by atoms with Gasteiger partial charge in [0, 0.05) is 36.7 Å². The topological polar surface area (TPSA) is 291 Å². The molecule has 160 valence electrons. The number of hydrazone groups is 1. The molecule has 0 aromatic rings. The number of hydrazine groups is 3. The molecule has 0 saturated carbocycles. The summed E-state index contributed by atoms with van der Waals surface area (Å²) in [4.78, 5) is 37.1. The lowest BCUT2D eigenvalue weighted by molar-refractivity contribution is -1.57. The van der Waals surface area contributed by atoms with Crippen molar-refractivity contribution in [2.45, 2.75) is 0 Å². The number of quaternary nitrogens is 3. The minimum atomic E-state index is -2.11. The molecule has 14 N–H and O–H groups in total. The molecule has 1 heterocycles. The fourth-order valence-electron chi connectivity index (χ4n) is 1.11. The third kappa shape index (κ3) is 8.06. The highest BCUT2D eigenvalue weighted by Crippen LogP contribution is 2.18. The second-order valence-corrected chi connectivity index (χ2v) is 4.18. The molecule has 0 aromatic heterocycles. The van der Waals surface area contributed by atoms with Crippen LogP contribution in [0.3, 0.4) is 0 Å². The average molecular weight is 524 g/mol. The molecular weight excluding hydrogens is 505 g/mol. The minimum Gasteiger partial charge on any atom is -0.231 e. The SMILES string of the molecule is C=NN(OC)O[N+](N)(N)O[N+]1(N)ON(N)O[N+](N)(ON(N)OI)ON(N)O1. The number of hydrogen-bond donors (Lipinski definition) is 7. The van der Waals surface area contributed by atoms with Crippen molar-refractivity contribution in [2.24, 2.45) is 46.0 Å². The quantitative estimate of drug-likeness (QED) is 0.0486. The Hall–Kier alpha value is -0.680. The van der Waals surface area contributed by atoms with Gasteiger partial charge < -0.3 is 0 Å². The van der Waals surface area contributed by atoms with Gasteiger partial charge in [-0.2, -0.15) is 3.17 Å². The predicted molar refractivity (Wildman–Crippen MR) is 76.7 cm³/mol. The molecule has 1 fully saturated rings. The molecule has 0 atom stereocenters. The molecule has 0 bridgehead atoms. The summed E-state index contributed by atoms with van der Waals surface area (Å²) in [6.07, 6.45) is 0. The van der Waals surface area contributed by atoms with Crippen molar-refractivity contribution >= 4 is 29.7 Å². The van der Waals surface area contributed by atoms with Crippen LogP contribution in [-0.2, 0) is 42.6 Å². The Labute approximate surface area is 162 Å². The normalized spacial score (nSPS) is 28.8. The van der Waals surface area contributed by atoms with E-state index in [2.05, 4.69) is 49.5 Å².